The van der Waals surface area contributed by atoms with Gasteiger partial charge in [-0.05, 0) is 24.6 Å². The summed E-state index contributed by atoms with van der Waals surface area (Å²) in [7, 11) is 0. The van der Waals surface area contributed by atoms with Crippen LogP contribution < -0.4 is 0 Å². The second-order valence-corrected chi connectivity index (χ2v) is 4.32. The van der Waals surface area contributed by atoms with Crippen LogP contribution in [0.5, 0.6) is 0 Å². The highest BCUT2D eigenvalue weighted by Gasteiger charge is 2.38. The van der Waals surface area contributed by atoms with Crippen LogP contribution in [0.25, 0.3) is 0 Å². The number of benzene rings is 1. The highest BCUT2D eigenvalue weighted by Crippen LogP contribution is 2.36. The van der Waals surface area contributed by atoms with Crippen molar-refractivity contribution in [3.8, 4) is 0 Å². The first-order valence-electron chi connectivity index (χ1n) is 5.03. The van der Waals surface area contributed by atoms with Crippen molar-refractivity contribution in [3.05, 3.63) is 34.9 Å². The van der Waals surface area contributed by atoms with E-state index >= 15 is 0 Å². The average molecular weight is 239 g/mol. The summed E-state index contributed by atoms with van der Waals surface area (Å²) in [5.41, 5.74) is 0.776. The molecule has 0 aromatic heterocycles. The molecule has 1 aromatic carbocycles. The standard InChI is InChI=1S/C12H11ClO3/c1-7(14)10-6-11(15)16-12(10)8-3-2-4-9(13)5-8/h2-5,10,12H,6H2,1H3/t10-,12-/m0/s1. The Hall–Kier alpha value is -1.35. The lowest BCUT2D eigenvalue weighted by Crippen LogP contribution is -2.15. The molecule has 16 heavy (non-hydrogen) atoms. The summed E-state index contributed by atoms with van der Waals surface area (Å²) in [4.78, 5) is 22.6. The van der Waals surface area contributed by atoms with E-state index in [1.165, 1.54) is 6.92 Å². The Balaban J connectivity index is 2.32. The molecule has 3 nitrogen and oxygen atoms in total. The van der Waals surface area contributed by atoms with Crippen LogP contribution in [0, 0.1) is 5.92 Å². The van der Waals surface area contributed by atoms with Gasteiger partial charge in [0, 0.05) is 5.02 Å². The van der Waals surface area contributed by atoms with E-state index < -0.39 is 6.10 Å². The zero-order valence-electron chi connectivity index (χ0n) is 8.77. The summed E-state index contributed by atoms with van der Waals surface area (Å²) in [6, 6.07) is 7.05. The van der Waals surface area contributed by atoms with E-state index in [1.54, 1.807) is 18.2 Å². The Morgan fingerprint density at radius 2 is 2.25 bits per heavy atom. The van der Waals surface area contributed by atoms with E-state index in [-0.39, 0.29) is 24.1 Å². The number of halogens is 1. The van der Waals surface area contributed by atoms with E-state index in [0.717, 1.165) is 5.56 Å². The predicted molar refractivity (Wildman–Crippen MR) is 59.1 cm³/mol. The van der Waals surface area contributed by atoms with Gasteiger partial charge in [0.15, 0.2) is 0 Å². The number of cyclic esters (lactones) is 1. The second kappa shape index (κ2) is 4.26. The van der Waals surface area contributed by atoms with Crippen LogP contribution in [0.1, 0.15) is 25.0 Å². The Labute approximate surface area is 98.4 Å². The zero-order valence-corrected chi connectivity index (χ0v) is 9.53. The average Bonchev–Trinajstić information content (AvgIpc) is 2.60. The van der Waals surface area contributed by atoms with Crippen molar-refractivity contribution in [2.75, 3.05) is 0 Å². The molecule has 1 heterocycles. The van der Waals surface area contributed by atoms with Crippen LogP contribution in [0.15, 0.2) is 24.3 Å². The minimum absolute atomic E-state index is 0.0316. The van der Waals surface area contributed by atoms with Crippen LogP contribution in [-0.2, 0) is 14.3 Å². The fourth-order valence-electron chi connectivity index (χ4n) is 1.90. The molecule has 1 aliphatic rings. The number of Topliss-reactive ketones (excluding diaryl/α,β-unsaturated/α-hetero) is 1. The topological polar surface area (TPSA) is 43.4 Å². The molecule has 0 radical (unpaired) electrons. The van der Waals surface area contributed by atoms with Crippen molar-refractivity contribution >= 4 is 23.4 Å². The number of ether oxygens (including phenoxy) is 1. The molecule has 2 rings (SSSR count). The Morgan fingerprint density at radius 1 is 1.50 bits per heavy atom. The van der Waals surface area contributed by atoms with Crippen molar-refractivity contribution in [2.24, 2.45) is 5.92 Å². The van der Waals surface area contributed by atoms with Crippen LogP contribution in [-0.4, -0.2) is 11.8 Å². The molecular formula is C12H11ClO3. The van der Waals surface area contributed by atoms with Gasteiger partial charge in [-0.3, -0.25) is 9.59 Å². The van der Waals surface area contributed by atoms with Gasteiger partial charge in [-0.2, -0.15) is 0 Å². The molecule has 1 fully saturated rings. The monoisotopic (exact) mass is 238 g/mol. The molecule has 1 aromatic rings. The highest BCUT2D eigenvalue weighted by atomic mass is 35.5. The van der Waals surface area contributed by atoms with Gasteiger partial charge >= 0.3 is 5.97 Å². The SMILES string of the molecule is CC(=O)[C@@H]1CC(=O)O[C@H]1c1cccc(Cl)c1. The molecular weight excluding hydrogens is 228 g/mol. The molecule has 0 bridgehead atoms. The second-order valence-electron chi connectivity index (χ2n) is 3.89. The predicted octanol–water partition coefficient (Wildman–Crippen LogP) is 2.53. The van der Waals surface area contributed by atoms with Crippen molar-refractivity contribution < 1.29 is 14.3 Å². The number of esters is 1. The first kappa shape index (κ1) is 11.1. The lowest BCUT2D eigenvalue weighted by Gasteiger charge is -2.15. The van der Waals surface area contributed by atoms with Crippen LogP contribution in [0.4, 0.5) is 0 Å². The molecule has 0 aliphatic carbocycles. The molecule has 0 N–H and O–H groups in total. The first-order valence-corrected chi connectivity index (χ1v) is 5.41. The molecule has 0 unspecified atom stereocenters. The maximum absolute atomic E-state index is 11.4. The third kappa shape index (κ3) is 2.09. The number of hydrogen-bond acceptors (Lipinski definition) is 3. The van der Waals surface area contributed by atoms with E-state index in [0.29, 0.717) is 5.02 Å². The van der Waals surface area contributed by atoms with Gasteiger partial charge in [0.2, 0.25) is 0 Å². The molecule has 1 aliphatic heterocycles. The number of carbonyl (C=O) groups excluding carboxylic acids is 2. The summed E-state index contributed by atoms with van der Waals surface area (Å²) < 4.78 is 5.16. The highest BCUT2D eigenvalue weighted by molar-refractivity contribution is 6.30. The van der Waals surface area contributed by atoms with E-state index in [9.17, 15) is 9.59 Å². The largest absolute Gasteiger partial charge is 0.457 e. The van der Waals surface area contributed by atoms with Crippen LogP contribution >= 0.6 is 11.6 Å². The third-order valence-corrected chi connectivity index (χ3v) is 2.94. The fraction of sp³-hybridized carbons (Fsp3) is 0.333. The van der Waals surface area contributed by atoms with Gasteiger partial charge in [-0.25, -0.2) is 0 Å². The van der Waals surface area contributed by atoms with E-state index in [1.807, 2.05) is 6.07 Å². The van der Waals surface area contributed by atoms with Crippen LogP contribution in [0.3, 0.4) is 0 Å². The van der Waals surface area contributed by atoms with Gasteiger partial charge in [-0.1, -0.05) is 23.7 Å². The molecule has 84 valence electrons. The molecule has 2 atom stereocenters. The van der Waals surface area contributed by atoms with Gasteiger partial charge < -0.3 is 4.74 Å². The third-order valence-electron chi connectivity index (χ3n) is 2.71. The number of rotatable bonds is 2. The summed E-state index contributed by atoms with van der Waals surface area (Å²) in [6.07, 6.45) is -0.323. The first-order chi connectivity index (χ1) is 7.58. The quantitative estimate of drug-likeness (QED) is 0.744. The number of ketones is 1. The lowest BCUT2D eigenvalue weighted by atomic mass is 9.92. The molecule has 0 amide bonds. The van der Waals surface area contributed by atoms with E-state index in [4.69, 9.17) is 16.3 Å². The smallest absolute Gasteiger partial charge is 0.307 e. The minimum atomic E-state index is -0.483. The minimum Gasteiger partial charge on any atom is -0.457 e. The Bertz CT molecular complexity index is 442. The maximum Gasteiger partial charge on any atom is 0.307 e. The van der Waals surface area contributed by atoms with E-state index in [2.05, 4.69) is 0 Å². The van der Waals surface area contributed by atoms with Crippen molar-refractivity contribution in [2.45, 2.75) is 19.4 Å². The summed E-state index contributed by atoms with van der Waals surface area (Å²) in [6.45, 7) is 1.48. The molecule has 1 saturated heterocycles. The van der Waals surface area contributed by atoms with Gasteiger partial charge in [-0.15, -0.1) is 0 Å². The molecule has 0 saturated carbocycles. The zero-order chi connectivity index (χ0) is 11.7. The van der Waals surface area contributed by atoms with Crippen molar-refractivity contribution in [1.82, 2.24) is 0 Å². The summed E-state index contributed by atoms with van der Waals surface area (Å²) in [5.74, 6) is -0.744. The lowest BCUT2D eigenvalue weighted by molar-refractivity contribution is -0.141. The number of hydrogen-bond donors (Lipinski definition) is 0. The molecule has 0 spiro atoms. The van der Waals surface area contributed by atoms with Crippen molar-refractivity contribution in [1.29, 1.82) is 0 Å². The van der Waals surface area contributed by atoms with Crippen molar-refractivity contribution in [3.63, 3.8) is 0 Å². The maximum atomic E-state index is 11.4. The molecule has 4 heteroatoms. The van der Waals surface area contributed by atoms with Gasteiger partial charge in [0.25, 0.3) is 0 Å². The number of carbonyl (C=O) groups is 2. The summed E-state index contributed by atoms with van der Waals surface area (Å²) in [5, 5.41) is 0.572. The Kier molecular flexibility index (Phi) is 2.97. The summed E-state index contributed by atoms with van der Waals surface area (Å²) >= 11 is 5.86. The Morgan fingerprint density at radius 3 is 2.88 bits per heavy atom. The van der Waals surface area contributed by atoms with Crippen LogP contribution in [0.2, 0.25) is 5.02 Å². The normalized spacial score (nSPS) is 24.2. The fourth-order valence-corrected chi connectivity index (χ4v) is 2.10. The van der Waals surface area contributed by atoms with Gasteiger partial charge in [0.05, 0.1) is 12.3 Å². The van der Waals surface area contributed by atoms with Gasteiger partial charge in [0.1, 0.15) is 11.9 Å².